The van der Waals surface area contributed by atoms with E-state index in [9.17, 15) is 52.3 Å². The monoisotopic (exact) mass is 454 g/mol. The molecule has 29 heavy (non-hydrogen) atoms. The molecule has 0 saturated carbocycles. The second-order valence-corrected chi connectivity index (χ2v) is 7.68. The topological polar surface area (TPSA) is 34.1 Å². The number of sulfone groups is 1. The quantitative estimate of drug-likeness (QED) is 0.589. The average molecular weight is 454 g/mol. The van der Waals surface area contributed by atoms with E-state index in [1.54, 1.807) is 0 Å². The Morgan fingerprint density at radius 2 is 0.897 bits per heavy atom. The molecule has 0 atom stereocenters. The highest BCUT2D eigenvalue weighted by Gasteiger charge is 2.35. The van der Waals surface area contributed by atoms with Crippen molar-refractivity contribution in [1.29, 1.82) is 0 Å². The SMILES string of the molecule is O=S(=O)(c1ccc(CC(F)(F)F)c(F)c1F)c1ccc(CC(F)(F)F)c(F)c1F. The van der Waals surface area contributed by atoms with E-state index in [1.165, 1.54) is 0 Å². The molecule has 0 unspecified atom stereocenters. The zero-order valence-corrected chi connectivity index (χ0v) is 14.5. The van der Waals surface area contributed by atoms with Gasteiger partial charge in [0.15, 0.2) is 23.3 Å². The third-order valence-corrected chi connectivity index (χ3v) is 5.40. The molecule has 0 heterocycles. The van der Waals surface area contributed by atoms with Gasteiger partial charge in [0.2, 0.25) is 9.84 Å². The van der Waals surface area contributed by atoms with E-state index in [1.807, 2.05) is 0 Å². The lowest BCUT2D eigenvalue weighted by Crippen LogP contribution is -2.16. The van der Waals surface area contributed by atoms with Crippen LogP contribution in [0.4, 0.5) is 43.9 Å². The molecule has 0 radical (unpaired) electrons. The standard InChI is InChI=1S/C16H8F10O2S/c17-11-7(5-15(21,22)23)1-3-9(13(11)19)29(27,28)10-4-2-8(6-16(24,25)26)12(18)14(10)20/h1-4H,5-6H2. The maximum absolute atomic E-state index is 14.1. The summed E-state index contributed by atoms with van der Waals surface area (Å²) in [6.45, 7) is 0. The van der Waals surface area contributed by atoms with E-state index < -0.39 is 79.2 Å². The van der Waals surface area contributed by atoms with Crippen molar-refractivity contribution in [2.24, 2.45) is 0 Å². The number of benzene rings is 2. The molecule has 13 heteroatoms. The van der Waals surface area contributed by atoms with Gasteiger partial charge in [-0.2, -0.15) is 26.3 Å². The second-order valence-electron chi connectivity index (χ2n) is 5.79. The summed E-state index contributed by atoms with van der Waals surface area (Å²) >= 11 is 0. The summed E-state index contributed by atoms with van der Waals surface area (Å²) < 4.78 is 154. The first-order chi connectivity index (χ1) is 13.0. The zero-order chi connectivity index (χ0) is 22.4. The van der Waals surface area contributed by atoms with Crippen molar-refractivity contribution < 1.29 is 52.3 Å². The second kappa shape index (κ2) is 7.50. The van der Waals surface area contributed by atoms with Gasteiger partial charge in [-0.05, 0) is 23.3 Å². The van der Waals surface area contributed by atoms with E-state index in [-0.39, 0.29) is 12.1 Å². The first-order valence-corrected chi connectivity index (χ1v) is 8.85. The number of halogens is 10. The minimum Gasteiger partial charge on any atom is -0.218 e. The summed E-state index contributed by atoms with van der Waals surface area (Å²) in [7, 11) is -5.36. The van der Waals surface area contributed by atoms with Crippen LogP contribution in [0, 0.1) is 23.3 Å². The minimum absolute atomic E-state index is 0.218. The Morgan fingerprint density at radius 1 is 0.586 bits per heavy atom. The molecule has 2 rings (SSSR count). The Morgan fingerprint density at radius 3 is 1.17 bits per heavy atom. The summed E-state index contributed by atoms with van der Waals surface area (Å²) in [5.74, 6) is -8.88. The summed E-state index contributed by atoms with van der Waals surface area (Å²) in [6, 6.07) is 1.03. The normalized spacial score (nSPS) is 13.0. The van der Waals surface area contributed by atoms with Gasteiger partial charge in [0.1, 0.15) is 9.79 Å². The van der Waals surface area contributed by atoms with Crippen LogP contribution in [0.15, 0.2) is 34.1 Å². The van der Waals surface area contributed by atoms with Gasteiger partial charge in [0.05, 0.1) is 12.8 Å². The van der Waals surface area contributed by atoms with Crippen LogP contribution in [0.1, 0.15) is 11.1 Å². The smallest absolute Gasteiger partial charge is 0.218 e. The third-order valence-electron chi connectivity index (χ3n) is 3.61. The molecular weight excluding hydrogens is 446 g/mol. The van der Waals surface area contributed by atoms with Crippen LogP contribution in [-0.4, -0.2) is 20.8 Å². The van der Waals surface area contributed by atoms with Gasteiger partial charge >= 0.3 is 12.4 Å². The number of hydrogen-bond acceptors (Lipinski definition) is 2. The fourth-order valence-corrected chi connectivity index (χ4v) is 3.76. The van der Waals surface area contributed by atoms with Crippen LogP contribution in [0.5, 0.6) is 0 Å². The van der Waals surface area contributed by atoms with Gasteiger partial charge in [-0.15, -0.1) is 0 Å². The van der Waals surface area contributed by atoms with Gasteiger partial charge in [-0.1, -0.05) is 12.1 Å². The molecule has 2 aromatic carbocycles. The highest BCUT2D eigenvalue weighted by Crippen LogP contribution is 2.33. The predicted octanol–water partition coefficient (Wildman–Crippen LogP) is 5.29. The van der Waals surface area contributed by atoms with Gasteiger partial charge in [0, 0.05) is 0 Å². The van der Waals surface area contributed by atoms with E-state index >= 15 is 0 Å². The molecule has 160 valence electrons. The van der Waals surface area contributed by atoms with Crippen LogP contribution in [0.25, 0.3) is 0 Å². The molecule has 2 aromatic rings. The van der Waals surface area contributed by atoms with E-state index in [4.69, 9.17) is 0 Å². The molecule has 0 fully saturated rings. The maximum Gasteiger partial charge on any atom is 0.393 e. The van der Waals surface area contributed by atoms with Crippen molar-refractivity contribution in [3.05, 3.63) is 58.7 Å². The maximum atomic E-state index is 14.1. The lowest BCUT2D eigenvalue weighted by Gasteiger charge is -2.13. The van der Waals surface area contributed by atoms with Gasteiger partial charge < -0.3 is 0 Å². The van der Waals surface area contributed by atoms with E-state index in [0.717, 1.165) is 0 Å². The van der Waals surface area contributed by atoms with Crippen LogP contribution in [0.2, 0.25) is 0 Å². The Hall–Kier alpha value is -2.31. The molecular formula is C16H8F10O2S. The molecule has 0 spiro atoms. The minimum atomic E-state index is -5.36. The molecule has 0 N–H and O–H groups in total. The van der Waals surface area contributed by atoms with Crippen molar-refractivity contribution in [2.45, 2.75) is 35.0 Å². The van der Waals surface area contributed by atoms with Crippen LogP contribution < -0.4 is 0 Å². The Balaban J connectivity index is 2.57. The Bertz CT molecular complexity index is 962. The van der Waals surface area contributed by atoms with Crippen LogP contribution in [0.3, 0.4) is 0 Å². The number of alkyl halides is 6. The molecule has 0 aromatic heterocycles. The lowest BCUT2D eigenvalue weighted by atomic mass is 10.1. The molecule has 0 amide bonds. The molecule has 0 aliphatic heterocycles. The Labute approximate surface area is 156 Å². The van der Waals surface area contributed by atoms with Crippen molar-refractivity contribution >= 4 is 9.84 Å². The highest BCUT2D eigenvalue weighted by molar-refractivity contribution is 7.91. The fraction of sp³-hybridized carbons (Fsp3) is 0.250. The summed E-state index contributed by atoms with van der Waals surface area (Å²) in [4.78, 5) is -3.22. The zero-order valence-electron chi connectivity index (χ0n) is 13.7. The Kier molecular flexibility index (Phi) is 5.94. The van der Waals surface area contributed by atoms with E-state index in [0.29, 0.717) is 12.1 Å². The molecule has 0 aliphatic carbocycles. The average Bonchev–Trinajstić information content (AvgIpc) is 2.53. The largest absolute Gasteiger partial charge is 0.393 e. The van der Waals surface area contributed by atoms with Crippen LogP contribution in [-0.2, 0) is 22.7 Å². The summed E-state index contributed by atoms with van der Waals surface area (Å²) in [5.41, 5.74) is -2.47. The van der Waals surface area contributed by atoms with Crippen LogP contribution >= 0.6 is 0 Å². The third kappa shape index (κ3) is 5.00. The van der Waals surface area contributed by atoms with Gasteiger partial charge in [-0.25, -0.2) is 26.0 Å². The molecule has 2 nitrogen and oxygen atoms in total. The predicted molar refractivity (Wildman–Crippen MR) is 77.7 cm³/mol. The molecule has 0 saturated heterocycles. The highest BCUT2D eigenvalue weighted by atomic mass is 32.2. The number of hydrogen-bond donors (Lipinski definition) is 0. The van der Waals surface area contributed by atoms with Gasteiger partial charge in [-0.3, -0.25) is 0 Å². The van der Waals surface area contributed by atoms with Crippen molar-refractivity contribution in [3.63, 3.8) is 0 Å². The molecule has 0 aliphatic rings. The number of rotatable bonds is 4. The first kappa shape index (κ1) is 23.0. The summed E-state index contributed by atoms with van der Waals surface area (Å²) in [5, 5.41) is 0. The van der Waals surface area contributed by atoms with Crippen molar-refractivity contribution in [3.8, 4) is 0 Å². The van der Waals surface area contributed by atoms with Crippen molar-refractivity contribution in [2.75, 3.05) is 0 Å². The van der Waals surface area contributed by atoms with Gasteiger partial charge in [0.25, 0.3) is 0 Å². The first-order valence-electron chi connectivity index (χ1n) is 7.37. The van der Waals surface area contributed by atoms with E-state index in [2.05, 4.69) is 0 Å². The lowest BCUT2D eigenvalue weighted by molar-refractivity contribution is -0.128. The van der Waals surface area contributed by atoms with Crippen molar-refractivity contribution in [1.82, 2.24) is 0 Å². The summed E-state index contributed by atoms with van der Waals surface area (Å²) in [6.07, 6.45) is -13.7. The fourth-order valence-electron chi connectivity index (χ4n) is 2.38. The molecule has 0 bridgehead atoms.